The molecule has 0 radical (unpaired) electrons. The highest BCUT2D eigenvalue weighted by atomic mass is 127. The van der Waals surface area contributed by atoms with Crippen LogP contribution >= 0.6 is 35.3 Å². The SMILES string of the molecule is CCC(CNC(=NC)NCc1cccs1)Oc1ccccc1F.I. The van der Waals surface area contributed by atoms with E-state index in [4.69, 9.17) is 4.74 Å². The molecule has 2 aromatic rings. The first-order valence-electron chi connectivity index (χ1n) is 7.61. The lowest BCUT2D eigenvalue weighted by Crippen LogP contribution is -2.42. The van der Waals surface area contributed by atoms with Crippen molar-refractivity contribution in [3.63, 3.8) is 0 Å². The summed E-state index contributed by atoms with van der Waals surface area (Å²) in [5.74, 6) is 0.641. The Morgan fingerprint density at radius 2 is 2.04 bits per heavy atom. The normalized spacial score (nSPS) is 12.2. The van der Waals surface area contributed by atoms with Crippen molar-refractivity contribution in [1.29, 1.82) is 0 Å². The zero-order valence-electron chi connectivity index (χ0n) is 13.8. The summed E-state index contributed by atoms with van der Waals surface area (Å²) in [7, 11) is 1.72. The maximum absolute atomic E-state index is 13.6. The molecular weight excluding hydrogens is 440 g/mol. The number of hydrogen-bond acceptors (Lipinski definition) is 3. The van der Waals surface area contributed by atoms with Crippen molar-refractivity contribution in [2.24, 2.45) is 4.99 Å². The fourth-order valence-corrected chi connectivity index (χ4v) is 2.65. The van der Waals surface area contributed by atoms with Gasteiger partial charge in [-0.3, -0.25) is 4.99 Å². The van der Waals surface area contributed by atoms with Gasteiger partial charge in [0, 0.05) is 11.9 Å². The van der Waals surface area contributed by atoms with E-state index in [1.165, 1.54) is 10.9 Å². The Morgan fingerprint density at radius 1 is 1.25 bits per heavy atom. The fourth-order valence-electron chi connectivity index (χ4n) is 2.00. The second kappa shape index (κ2) is 11.2. The van der Waals surface area contributed by atoms with Crippen LogP contribution in [0, 0.1) is 5.82 Å². The van der Waals surface area contributed by atoms with Crippen LogP contribution in [0.3, 0.4) is 0 Å². The van der Waals surface area contributed by atoms with E-state index in [9.17, 15) is 4.39 Å². The van der Waals surface area contributed by atoms with Crippen molar-refractivity contribution >= 4 is 41.3 Å². The number of ether oxygens (including phenoxy) is 1. The van der Waals surface area contributed by atoms with Gasteiger partial charge in [-0.25, -0.2) is 4.39 Å². The molecule has 0 amide bonds. The van der Waals surface area contributed by atoms with Gasteiger partial charge in [0.2, 0.25) is 0 Å². The summed E-state index contributed by atoms with van der Waals surface area (Å²) < 4.78 is 19.4. The molecule has 1 unspecified atom stereocenters. The Balaban J connectivity index is 0.00000288. The standard InChI is InChI=1S/C17H22FN3OS.HI/c1-3-13(22-16-9-5-4-8-15(16)18)11-20-17(19-2)21-12-14-7-6-10-23-14;/h4-10,13H,3,11-12H2,1-2H3,(H2,19,20,21);1H. The Kier molecular flexibility index (Phi) is 9.70. The molecule has 0 aliphatic carbocycles. The third-order valence-corrected chi connectivity index (χ3v) is 4.19. The van der Waals surface area contributed by atoms with Crippen LogP contribution < -0.4 is 15.4 Å². The molecule has 0 aliphatic heterocycles. The van der Waals surface area contributed by atoms with E-state index in [-0.39, 0.29) is 41.6 Å². The van der Waals surface area contributed by atoms with E-state index in [0.717, 1.165) is 13.0 Å². The van der Waals surface area contributed by atoms with Crippen LogP contribution in [-0.4, -0.2) is 25.7 Å². The van der Waals surface area contributed by atoms with Crippen LogP contribution in [0.15, 0.2) is 46.8 Å². The number of hydrogen-bond donors (Lipinski definition) is 2. The third-order valence-electron chi connectivity index (χ3n) is 3.32. The summed E-state index contributed by atoms with van der Waals surface area (Å²) in [6, 6.07) is 10.5. The number of rotatable bonds is 7. The molecule has 0 fully saturated rings. The zero-order chi connectivity index (χ0) is 16.5. The molecule has 0 saturated carbocycles. The van der Waals surface area contributed by atoms with Gasteiger partial charge in [0.15, 0.2) is 17.5 Å². The van der Waals surface area contributed by atoms with E-state index >= 15 is 0 Å². The van der Waals surface area contributed by atoms with Crippen LogP contribution in [0.4, 0.5) is 4.39 Å². The number of nitrogens with one attached hydrogen (secondary N) is 2. The number of para-hydroxylation sites is 1. The second-order valence-corrected chi connectivity index (χ2v) is 6.00. The minimum Gasteiger partial charge on any atom is -0.486 e. The van der Waals surface area contributed by atoms with Crippen LogP contribution in [0.5, 0.6) is 5.75 Å². The molecule has 0 saturated heterocycles. The average Bonchev–Trinajstić information content (AvgIpc) is 3.09. The largest absolute Gasteiger partial charge is 0.486 e. The highest BCUT2D eigenvalue weighted by molar-refractivity contribution is 14.0. The first-order valence-corrected chi connectivity index (χ1v) is 8.49. The minimum atomic E-state index is -0.342. The molecule has 2 rings (SSSR count). The van der Waals surface area contributed by atoms with Gasteiger partial charge in [0.05, 0.1) is 13.1 Å². The predicted molar refractivity (Wildman–Crippen MR) is 109 cm³/mol. The third kappa shape index (κ3) is 6.64. The molecule has 4 nitrogen and oxygen atoms in total. The van der Waals surface area contributed by atoms with Gasteiger partial charge in [0.1, 0.15) is 6.10 Å². The number of aliphatic imine (C=N–C) groups is 1. The zero-order valence-corrected chi connectivity index (χ0v) is 16.9. The maximum atomic E-state index is 13.6. The molecule has 0 spiro atoms. The van der Waals surface area contributed by atoms with Gasteiger partial charge in [-0.2, -0.15) is 0 Å². The molecule has 24 heavy (non-hydrogen) atoms. The van der Waals surface area contributed by atoms with Gasteiger partial charge in [-0.05, 0) is 30.0 Å². The van der Waals surface area contributed by atoms with E-state index in [1.807, 2.05) is 18.4 Å². The summed E-state index contributed by atoms with van der Waals surface area (Å²) in [6.45, 7) is 3.28. The highest BCUT2D eigenvalue weighted by Gasteiger charge is 2.11. The summed E-state index contributed by atoms with van der Waals surface area (Å²) in [5.41, 5.74) is 0. The lowest BCUT2D eigenvalue weighted by molar-refractivity contribution is 0.191. The second-order valence-electron chi connectivity index (χ2n) is 4.96. The maximum Gasteiger partial charge on any atom is 0.191 e. The molecule has 0 aliphatic rings. The van der Waals surface area contributed by atoms with Crippen LogP contribution in [0.25, 0.3) is 0 Å². The fraction of sp³-hybridized carbons (Fsp3) is 0.353. The number of benzene rings is 1. The molecule has 132 valence electrons. The lowest BCUT2D eigenvalue weighted by atomic mass is 10.2. The Labute approximate surface area is 163 Å². The van der Waals surface area contributed by atoms with Gasteiger partial charge < -0.3 is 15.4 Å². The summed E-state index contributed by atoms with van der Waals surface area (Å²) in [4.78, 5) is 5.43. The Bertz CT molecular complexity index is 622. The minimum absolute atomic E-state index is 0. The smallest absolute Gasteiger partial charge is 0.191 e. The summed E-state index contributed by atoms with van der Waals surface area (Å²) >= 11 is 1.70. The van der Waals surface area contributed by atoms with Crippen LogP contribution in [0.2, 0.25) is 0 Å². The van der Waals surface area contributed by atoms with Crippen LogP contribution in [0.1, 0.15) is 18.2 Å². The van der Waals surface area contributed by atoms with Gasteiger partial charge in [-0.1, -0.05) is 25.1 Å². The first kappa shape index (κ1) is 20.7. The van der Waals surface area contributed by atoms with E-state index < -0.39 is 0 Å². The van der Waals surface area contributed by atoms with Gasteiger partial charge in [-0.15, -0.1) is 35.3 Å². The molecule has 1 atom stereocenters. The summed E-state index contributed by atoms with van der Waals surface area (Å²) in [6.07, 6.45) is 0.635. The van der Waals surface area contributed by atoms with Crippen molar-refractivity contribution in [3.05, 3.63) is 52.5 Å². The molecule has 1 aromatic carbocycles. The van der Waals surface area contributed by atoms with E-state index in [0.29, 0.717) is 12.5 Å². The lowest BCUT2D eigenvalue weighted by Gasteiger charge is -2.20. The number of guanidine groups is 1. The highest BCUT2D eigenvalue weighted by Crippen LogP contribution is 2.17. The van der Waals surface area contributed by atoms with Crippen molar-refractivity contribution in [1.82, 2.24) is 10.6 Å². The predicted octanol–water partition coefficient (Wildman–Crippen LogP) is 4.03. The summed E-state index contributed by atoms with van der Waals surface area (Å²) in [5, 5.41) is 8.51. The number of thiophene rings is 1. The molecule has 0 bridgehead atoms. The molecule has 2 N–H and O–H groups in total. The first-order chi connectivity index (χ1) is 11.2. The molecule has 1 heterocycles. The van der Waals surface area contributed by atoms with E-state index in [1.54, 1.807) is 36.6 Å². The molecule has 7 heteroatoms. The van der Waals surface area contributed by atoms with Crippen molar-refractivity contribution in [3.8, 4) is 5.75 Å². The van der Waals surface area contributed by atoms with Gasteiger partial charge >= 0.3 is 0 Å². The number of halogens is 2. The molecular formula is C17H23FIN3OS. The van der Waals surface area contributed by atoms with Gasteiger partial charge in [0.25, 0.3) is 0 Å². The number of nitrogens with zero attached hydrogens (tertiary/aromatic N) is 1. The molecule has 1 aromatic heterocycles. The Hall–Kier alpha value is -1.35. The monoisotopic (exact) mass is 463 g/mol. The average molecular weight is 463 g/mol. The Morgan fingerprint density at radius 3 is 2.67 bits per heavy atom. The topological polar surface area (TPSA) is 45.7 Å². The van der Waals surface area contributed by atoms with Crippen molar-refractivity contribution < 1.29 is 9.13 Å². The quantitative estimate of drug-likeness (QED) is 0.371. The van der Waals surface area contributed by atoms with E-state index in [2.05, 4.69) is 21.7 Å². The van der Waals surface area contributed by atoms with Crippen LogP contribution in [-0.2, 0) is 6.54 Å². The van der Waals surface area contributed by atoms with Crippen molar-refractivity contribution in [2.45, 2.75) is 26.0 Å². The van der Waals surface area contributed by atoms with Crippen molar-refractivity contribution in [2.75, 3.05) is 13.6 Å².